The quantitative estimate of drug-likeness (QED) is 0.0237. The second-order valence-corrected chi connectivity index (χ2v) is 15.6. The number of carboxylic acids is 1. The van der Waals surface area contributed by atoms with Gasteiger partial charge in [0.2, 0.25) is 0 Å². The number of aliphatic carboxylic acids is 1. The van der Waals surface area contributed by atoms with E-state index < -0.39 is 45.1 Å². The number of carbonyl (C=O) groups is 2. The van der Waals surface area contributed by atoms with Gasteiger partial charge in [-0.2, -0.15) is 0 Å². The van der Waals surface area contributed by atoms with Crippen LogP contribution >= 0.6 is 7.82 Å². The largest absolute Gasteiger partial charge is 0.480 e. The van der Waals surface area contributed by atoms with E-state index in [2.05, 4.69) is 50.3 Å². The van der Waals surface area contributed by atoms with Gasteiger partial charge in [-0.25, -0.2) is 4.57 Å². The van der Waals surface area contributed by atoms with Crippen molar-refractivity contribution in [2.24, 2.45) is 5.73 Å². The highest BCUT2D eigenvalue weighted by Crippen LogP contribution is 2.43. The van der Waals surface area contributed by atoms with E-state index >= 15 is 0 Å². The van der Waals surface area contributed by atoms with Crippen LogP contribution in [0.5, 0.6) is 0 Å². The molecule has 3 unspecified atom stereocenters. The molecule has 310 valence electrons. The summed E-state index contributed by atoms with van der Waals surface area (Å²) in [4.78, 5) is 33.5. The lowest BCUT2D eigenvalue weighted by Crippen LogP contribution is -2.34. The van der Waals surface area contributed by atoms with Crippen molar-refractivity contribution >= 4 is 19.8 Å². The van der Waals surface area contributed by atoms with E-state index in [-0.39, 0.29) is 13.0 Å². The summed E-state index contributed by atoms with van der Waals surface area (Å²) in [5.74, 6) is -1.79. The molecule has 0 aromatic heterocycles. The average Bonchev–Trinajstić information content (AvgIpc) is 3.13. The molecule has 0 saturated heterocycles. The first-order valence-corrected chi connectivity index (χ1v) is 22.5. The highest BCUT2D eigenvalue weighted by molar-refractivity contribution is 7.47. The summed E-state index contributed by atoms with van der Waals surface area (Å²) in [5, 5.41) is 8.88. The van der Waals surface area contributed by atoms with Crippen molar-refractivity contribution in [3.05, 3.63) is 36.5 Å². The number of phosphoric ester groups is 1. The van der Waals surface area contributed by atoms with Crippen molar-refractivity contribution in [3.63, 3.8) is 0 Å². The molecule has 0 amide bonds. The molecule has 53 heavy (non-hydrogen) atoms. The number of hydrogen-bond acceptors (Lipinski definition) is 8. The second-order valence-electron chi connectivity index (χ2n) is 14.1. The Kier molecular flexibility index (Phi) is 37.2. The van der Waals surface area contributed by atoms with Crippen LogP contribution in [0.4, 0.5) is 0 Å². The normalized spacial score (nSPS) is 14.3. The number of carboxylic acid groups (broad SMARTS) is 1. The van der Waals surface area contributed by atoms with Gasteiger partial charge in [-0.3, -0.25) is 18.6 Å². The van der Waals surface area contributed by atoms with Crippen LogP contribution in [0.3, 0.4) is 0 Å². The number of nitrogens with two attached hydrogens (primary N) is 1. The fourth-order valence-electron chi connectivity index (χ4n) is 5.61. The van der Waals surface area contributed by atoms with Crippen LogP contribution in [0.1, 0.15) is 181 Å². The fourth-order valence-corrected chi connectivity index (χ4v) is 6.39. The first kappa shape index (κ1) is 51.2. The summed E-state index contributed by atoms with van der Waals surface area (Å²) in [7, 11) is -4.61. The summed E-state index contributed by atoms with van der Waals surface area (Å²) < 4.78 is 33.3. The highest BCUT2D eigenvalue weighted by Gasteiger charge is 2.27. The number of carbonyl (C=O) groups excluding carboxylic acids is 1. The third kappa shape index (κ3) is 38.3. The van der Waals surface area contributed by atoms with Crippen molar-refractivity contribution in [3.8, 4) is 0 Å². The highest BCUT2D eigenvalue weighted by atomic mass is 31.2. The minimum absolute atomic E-state index is 0.0136. The van der Waals surface area contributed by atoms with E-state index in [1.807, 2.05) is 0 Å². The van der Waals surface area contributed by atoms with Crippen molar-refractivity contribution in [1.82, 2.24) is 0 Å². The van der Waals surface area contributed by atoms with Gasteiger partial charge in [0.05, 0.1) is 19.8 Å². The van der Waals surface area contributed by atoms with Crippen LogP contribution in [-0.2, 0) is 32.7 Å². The van der Waals surface area contributed by atoms with Crippen LogP contribution in [-0.4, -0.2) is 60.5 Å². The molecule has 0 aromatic rings. The van der Waals surface area contributed by atoms with Crippen molar-refractivity contribution in [2.45, 2.75) is 193 Å². The summed E-state index contributed by atoms with van der Waals surface area (Å²) in [6.45, 7) is 3.84. The third-order valence-corrected chi connectivity index (χ3v) is 9.87. The lowest BCUT2D eigenvalue weighted by Gasteiger charge is -2.20. The fraction of sp³-hybridized carbons (Fsp3) is 0.810. The summed E-state index contributed by atoms with van der Waals surface area (Å²) in [6.07, 6.45) is 41.9. The predicted molar refractivity (Wildman–Crippen MR) is 217 cm³/mol. The van der Waals surface area contributed by atoms with Crippen LogP contribution < -0.4 is 5.73 Å². The Labute approximate surface area is 323 Å². The molecular formula is C42H78NO9P. The van der Waals surface area contributed by atoms with Crippen molar-refractivity contribution in [2.75, 3.05) is 26.4 Å². The molecule has 0 aliphatic carbocycles. The Morgan fingerprint density at radius 2 is 1.04 bits per heavy atom. The minimum atomic E-state index is -4.61. The van der Waals surface area contributed by atoms with Gasteiger partial charge >= 0.3 is 19.8 Å². The zero-order valence-electron chi connectivity index (χ0n) is 33.6. The second kappa shape index (κ2) is 38.5. The summed E-state index contributed by atoms with van der Waals surface area (Å²) >= 11 is 0. The minimum Gasteiger partial charge on any atom is -0.480 e. The summed E-state index contributed by atoms with van der Waals surface area (Å²) in [6, 6.07) is -1.47. The number of allylic oxidation sites excluding steroid dienone is 6. The van der Waals surface area contributed by atoms with E-state index in [4.69, 9.17) is 29.4 Å². The lowest BCUT2D eigenvalue weighted by molar-refractivity contribution is -0.154. The maximum absolute atomic E-state index is 12.6. The SMILES string of the molecule is CCCCC/C=C\C/C=C\C/C=C\CCCCCCCCC(=O)OC(COCCCCCCCCCCCCCC)COP(=O)(O)OCC(N)C(=O)O. The smallest absolute Gasteiger partial charge is 0.472 e. The zero-order valence-corrected chi connectivity index (χ0v) is 34.5. The van der Waals surface area contributed by atoms with Gasteiger partial charge in [-0.1, -0.05) is 159 Å². The van der Waals surface area contributed by atoms with E-state index in [1.54, 1.807) is 0 Å². The number of esters is 1. The first-order chi connectivity index (χ1) is 25.7. The maximum Gasteiger partial charge on any atom is 0.472 e. The maximum atomic E-state index is 12.6. The van der Waals surface area contributed by atoms with Gasteiger partial charge < -0.3 is 25.2 Å². The van der Waals surface area contributed by atoms with E-state index in [9.17, 15) is 19.0 Å². The molecule has 3 atom stereocenters. The molecule has 0 fully saturated rings. The van der Waals surface area contributed by atoms with Gasteiger partial charge in [-0.05, 0) is 51.4 Å². The molecule has 0 rings (SSSR count). The van der Waals surface area contributed by atoms with Crippen molar-refractivity contribution in [1.29, 1.82) is 0 Å². The van der Waals surface area contributed by atoms with Crippen molar-refractivity contribution < 1.29 is 42.7 Å². The summed E-state index contributed by atoms with van der Waals surface area (Å²) in [5.41, 5.74) is 5.35. The molecule has 0 aromatic carbocycles. The Hall–Kier alpha value is -1.81. The molecule has 0 aliphatic rings. The third-order valence-electron chi connectivity index (χ3n) is 8.92. The number of phosphoric acid groups is 1. The number of unbranched alkanes of at least 4 members (excludes halogenated alkanes) is 20. The monoisotopic (exact) mass is 772 g/mol. The topological polar surface area (TPSA) is 155 Å². The molecule has 11 heteroatoms. The van der Waals surface area contributed by atoms with Crippen LogP contribution in [0, 0.1) is 0 Å². The van der Waals surface area contributed by atoms with Crippen LogP contribution in [0.15, 0.2) is 36.5 Å². The number of ether oxygens (including phenoxy) is 2. The molecule has 4 N–H and O–H groups in total. The average molecular weight is 772 g/mol. The predicted octanol–water partition coefficient (Wildman–Crippen LogP) is 11.3. The first-order valence-electron chi connectivity index (χ1n) is 21.0. The molecule has 0 saturated carbocycles. The van der Waals surface area contributed by atoms with Crippen LogP contribution in [0.25, 0.3) is 0 Å². The standard InChI is InChI=1S/C42H78NO9P/c1-3-5-7-9-11-13-15-17-18-19-20-21-22-23-24-26-28-30-32-34-41(44)52-39(37-50-53(47,48)51-38-40(43)42(45)46)36-49-35-33-31-29-27-25-16-14-12-10-8-6-4-2/h11,13,17-18,20-21,39-40H,3-10,12,14-16,19,22-38,43H2,1-2H3,(H,45,46)(H,47,48)/b13-11-,18-17-,21-20-. The number of hydrogen-bond donors (Lipinski definition) is 3. The molecule has 0 radical (unpaired) electrons. The molecule has 0 bridgehead atoms. The molecule has 0 spiro atoms. The Bertz CT molecular complexity index is 988. The molecule has 0 aliphatic heterocycles. The molecule has 10 nitrogen and oxygen atoms in total. The van der Waals surface area contributed by atoms with Crippen LogP contribution in [0.2, 0.25) is 0 Å². The van der Waals surface area contributed by atoms with E-state index in [0.29, 0.717) is 13.0 Å². The Morgan fingerprint density at radius 1 is 0.604 bits per heavy atom. The molecule has 0 heterocycles. The zero-order chi connectivity index (χ0) is 39.1. The van der Waals surface area contributed by atoms with Gasteiger partial charge in [0.1, 0.15) is 12.1 Å². The number of rotatable bonds is 40. The lowest BCUT2D eigenvalue weighted by atomic mass is 10.1. The Morgan fingerprint density at radius 3 is 1.58 bits per heavy atom. The Balaban J connectivity index is 4.26. The van der Waals surface area contributed by atoms with Gasteiger partial charge in [0, 0.05) is 13.0 Å². The van der Waals surface area contributed by atoms with Gasteiger partial charge in [-0.15, -0.1) is 0 Å². The molecular weight excluding hydrogens is 693 g/mol. The van der Waals surface area contributed by atoms with E-state index in [0.717, 1.165) is 70.6 Å². The van der Waals surface area contributed by atoms with Gasteiger partial charge in [0.15, 0.2) is 0 Å². The van der Waals surface area contributed by atoms with E-state index in [1.165, 1.54) is 83.5 Å². The van der Waals surface area contributed by atoms with Gasteiger partial charge in [0.25, 0.3) is 0 Å².